The Hall–Kier alpha value is -3.73. The van der Waals surface area contributed by atoms with E-state index >= 15 is 0 Å². The molecule has 28 heavy (non-hydrogen) atoms. The van der Waals surface area contributed by atoms with E-state index in [4.69, 9.17) is 9.47 Å². The van der Waals surface area contributed by atoms with Gasteiger partial charge in [0.25, 0.3) is 0 Å². The Kier molecular flexibility index (Phi) is 6.31. The Bertz CT molecular complexity index is 967. The number of hydrogen-bond acceptors (Lipinski definition) is 4. The number of phenols is 1. The average Bonchev–Trinajstić information content (AvgIpc) is 2.72. The van der Waals surface area contributed by atoms with Gasteiger partial charge in [-0.1, -0.05) is 42.5 Å². The molecule has 0 heterocycles. The van der Waals surface area contributed by atoms with Gasteiger partial charge in [-0.25, -0.2) is 0 Å². The van der Waals surface area contributed by atoms with E-state index in [2.05, 4.69) is 5.32 Å². The largest absolute Gasteiger partial charge is 0.504 e. The Labute approximate surface area is 163 Å². The molecule has 0 saturated heterocycles. The van der Waals surface area contributed by atoms with Crippen molar-refractivity contribution in [3.63, 3.8) is 0 Å². The molecule has 142 valence electrons. The van der Waals surface area contributed by atoms with Crippen LogP contribution in [0.2, 0.25) is 0 Å². The molecule has 0 aliphatic carbocycles. The number of rotatable bonds is 7. The molecule has 2 N–H and O–H groups in total. The van der Waals surface area contributed by atoms with Crippen molar-refractivity contribution < 1.29 is 19.4 Å². The summed E-state index contributed by atoms with van der Waals surface area (Å²) < 4.78 is 10.8. The molecule has 0 bridgehead atoms. The van der Waals surface area contributed by atoms with Crippen molar-refractivity contribution in [2.24, 2.45) is 0 Å². The number of nitrogens with one attached hydrogen (secondary N) is 1. The van der Waals surface area contributed by atoms with E-state index in [1.807, 2.05) is 42.5 Å². The molecule has 3 aromatic rings. The number of hydrogen-bond donors (Lipinski definition) is 2. The molecule has 0 fully saturated rings. The fraction of sp³-hybridized carbons (Fsp3) is 0.0870. The first-order valence-corrected chi connectivity index (χ1v) is 8.77. The fourth-order valence-electron chi connectivity index (χ4n) is 2.57. The molecule has 0 radical (unpaired) electrons. The van der Waals surface area contributed by atoms with Crippen LogP contribution >= 0.6 is 0 Å². The van der Waals surface area contributed by atoms with Gasteiger partial charge in [0.1, 0.15) is 12.4 Å². The normalized spacial score (nSPS) is 10.6. The Morgan fingerprint density at radius 3 is 2.61 bits per heavy atom. The van der Waals surface area contributed by atoms with Crippen LogP contribution in [0.5, 0.6) is 17.2 Å². The zero-order chi connectivity index (χ0) is 19.8. The van der Waals surface area contributed by atoms with Crippen LogP contribution in [-0.4, -0.2) is 18.1 Å². The number of carbonyl (C=O) groups excluding carboxylic acids is 1. The van der Waals surface area contributed by atoms with Crippen molar-refractivity contribution >= 4 is 17.7 Å². The molecule has 0 spiro atoms. The standard InChI is InChI=1S/C23H21NO4/c1-27-22-12-10-17(14-21(22)25)11-13-23(26)24-19-8-5-9-20(15-19)28-16-18-6-3-2-4-7-18/h2-15,25H,16H2,1H3,(H,24,26)/b13-11+. The highest BCUT2D eigenvalue weighted by atomic mass is 16.5. The van der Waals surface area contributed by atoms with Crippen LogP contribution in [0, 0.1) is 0 Å². The number of amides is 1. The van der Waals surface area contributed by atoms with Gasteiger partial charge < -0.3 is 19.9 Å². The van der Waals surface area contributed by atoms with Gasteiger partial charge in [-0.05, 0) is 41.5 Å². The number of phenolic OH excluding ortho intramolecular Hbond substituents is 1. The molecule has 0 aliphatic rings. The number of ether oxygens (including phenoxy) is 2. The second-order valence-corrected chi connectivity index (χ2v) is 6.06. The number of anilines is 1. The van der Waals surface area contributed by atoms with Crippen molar-refractivity contribution in [2.45, 2.75) is 6.61 Å². The molecule has 3 aromatic carbocycles. The molecule has 0 unspecified atom stereocenters. The Morgan fingerprint density at radius 1 is 1.04 bits per heavy atom. The summed E-state index contributed by atoms with van der Waals surface area (Å²) in [6.45, 7) is 0.457. The van der Waals surface area contributed by atoms with Gasteiger partial charge in [0.05, 0.1) is 7.11 Å². The number of aromatic hydroxyl groups is 1. The van der Waals surface area contributed by atoms with Crippen molar-refractivity contribution in [2.75, 3.05) is 12.4 Å². The lowest BCUT2D eigenvalue weighted by Crippen LogP contribution is -2.07. The minimum absolute atomic E-state index is 0.0216. The second kappa shape index (κ2) is 9.28. The maximum Gasteiger partial charge on any atom is 0.248 e. The zero-order valence-corrected chi connectivity index (χ0v) is 15.5. The molecular weight excluding hydrogens is 354 g/mol. The highest BCUT2D eigenvalue weighted by Crippen LogP contribution is 2.26. The van der Waals surface area contributed by atoms with Crippen LogP contribution in [-0.2, 0) is 11.4 Å². The average molecular weight is 375 g/mol. The van der Waals surface area contributed by atoms with Crippen LogP contribution in [0.25, 0.3) is 6.08 Å². The minimum Gasteiger partial charge on any atom is -0.504 e. The van der Waals surface area contributed by atoms with Crippen molar-refractivity contribution in [3.8, 4) is 17.2 Å². The lowest BCUT2D eigenvalue weighted by Gasteiger charge is -2.08. The SMILES string of the molecule is COc1ccc(/C=C/C(=O)Nc2cccc(OCc3ccccc3)c2)cc1O. The van der Waals surface area contributed by atoms with E-state index < -0.39 is 0 Å². The topological polar surface area (TPSA) is 67.8 Å². The van der Waals surface area contributed by atoms with Crippen molar-refractivity contribution in [3.05, 3.63) is 90.0 Å². The maximum absolute atomic E-state index is 12.2. The third kappa shape index (κ3) is 5.38. The second-order valence-electron chi connectivity index (χ2n) is 6.06. The lowest BCUT2D eigenvalue weighted by molar-refractivity contribution is -0.111. The molecule has 1 amide bonds. The van der Waals surface area contributed by atoms with Gasteiger partial charge in [0.15, 0.2) is 11.5 Å². The molecule has 0 atom stereocenters. The predicted octanol–water partition coefficient (Wildman–Crippen LogP) is 4.63. The first-order valence-electron chi connectivity index (χ1n) is 8.77. The summed E-state index contributed by atoms with van der Waals surface area (Å²) in [5, 5.41) is 12.6. The Morgan fingerprint density at radius 2 is 1.86 bits per heavy atom. The summed E-state index contributed by atoms with van der Waals surface area (Å²) in [7, 11) is 1.48. The molecule has 5 heteroatoms. The van der Waals surface area contributed by atoms with Gasteiger partial charge in [-0.2, -0.15) is 0 Å². The highest BCUT2D eigenvalue weighted by Gasteiger charge is 2.03. The minimum atomic E-state index is -0.282. The lowest BCUT2D eigenvalue weighted by atomic mass is 10.2. The van der Waals surface area contributed by atoms with Crippen LogP contribution in [0.3, 0.4) is 0 Å². The van der Waals surface area contributed by atoms with Gasteiger partial charge >= 0.3 is 0 Å². The first-order chi connectivity index (χ1) is 13.6. The smallest absolute Gasteiger partial charge is 0.248 e. The third-order valence-electron chi connectivity index (χ3n) is 3.98. The summed E-state index contributed by atoms with van der Waals surface area (Å²) in [5.41, 5.74) is 2.40. The molecular formula is C23H21NO4. The van der Waals surface area contributed by atoms with E-state index in [0.29, 0.717) is 29.4 Å². The Balaban J connectivity index is 1.58. The monoisotopic (exact) mass is 375 g/mol. The highest BCUT2D eigenvalue weighted by molar-refractivity contribution is 6.02. The van der Waals surface area contributed by atoms with E-state index in [1.54, 1.807) is 30.3 Å². The van der Waals surface area contributed by atoms with Gasteiger partial charge in [0, 0.05) is 17.8 Å². The predicted molar refractivity (Wildman–Crippen MR) is 110 cm³/mol. The quantitative estimate of drug-likeness (QED) is 0.591. The van der Waals surface area contributed by atoms with Crippen molar-refractivity contribution in [1.82, 2.24) is 0 Å². The van der Waals surface area contributed by atoms with Gasteiger partial charge in [-0.3, -0.25) is 4.79 Å². The summed E-state index contributed by atoms with van der Waals surface area (Å²) in [6, 6.07) is 22.0. The summed E-state index contributed by atoms with van der Waals surface area (Å²) in [4.78, 5) is 12.2. The fourth-order valence-corrected chi connectivity index (χ4v) is 2.57. The van der Waals surface area contributed by atoms with Crippen LogP contribution in [0.4, 0.5) is 5.69 Å². The van der Waals surface area contributed by atoms with Crippen molar-refractivity contribution in [1.29, 1.82) is 0 Å². The molecule has 3 rings (SSSR count). The van der Waals surface area contributed by atoms with E-state index in [9.17, 15) is 9.90 Å². The van der Waals surface area contributed by atoms with E-state index in [0.717, 1.165) is 5.56 Å². The van der Waals surface area contributed by atoms with Gasteiger partial charge in [0.2, 0.25) is 5.91 Å². The van der Waals surface area contributed by atoms with Crippen LogP contribution in [0.15, 0.2) is 78.9 Å². The number of methoxy groups -OCH3 is 1. The van der Waals surface area contributed by atoms with Gasteiger partial charge in [-0.15, -0.1) is 0 Å². The van der Waals surface area contributed by atoms with Crippen LogP contribution < -0.4 is 14.8 Å². The first kappa shape index (κ1) is 19.0. The van der Waals surface area contributed by atoms with E-state index in [1.165, 1.54) is 19.3 Å². The molecule has 5 nitrogen and oxygen atoms in total. The molecule has 0 aliphatic heterocycles. The maximum atomic E-state index is 12.2. The molecule has 0 aromatic heterocycles. The van der Waals surface area contributed by atoms with Crippen LogP contribution in [0.1, 0.15) is 11.1 Å². The summed E-state index contributed by atoms with van der Waals surface area (Å²) in [6.07, 6.45) is 3.02. The number of carbonyl (C=O) groups is 1. The molecule has 0 saturated carbocycles. The zero-order valence-electron chi connectivity index (χ0n) is 15.5. The van der Waals surface area contributed by atoms with E-state index in [-0.39, 0.29) is 11.7 Å². The number of benzene rings is 3. The summed E-state index contributed by atoms with van der Waals surface area (Å²) >= 11 is 0. The summed E-state index contributed by atoms with van der Waals surface area (Å²) in [5.74, 6) is 0.795. The third-order valence-corrected chi connectivity index (χ3v) is 3.98.